The van der Waals surface area contributed by atoms with Gasteiger partial charge in [0.25, 0.3) is 0 Å². The van der Waals surface area contributed by atoms with Gasteiger partial charge in [0, 0.05) is 18.5 Å². The summed E-state index contributed by atoms with van der Waals surface area (Å²) in [5.41, 5.74) is 0.214. The minimum Gasteiger partial charge on any atom is -0.450 e. The highest BCUT2D eigenvalue weighted by atomic mass is 16.6. The van der Waals surface area contributed by atoms with Crippen LogP contribution in [0.15, 0.2) is 0 Å². The molecule has 80 valence electrons. The van der Waals surface area contributed by atoms with Crippen molar-refractivity contribution in [2.75, 3.05) is 19.7 Å². The fraction of sp³-hybridized carbons (Fsp3) is 0.900. The van der Waals surface area contributed by atoms with E-state index in [2.05, 4.69) is 0 Å². The molecule has 0 aromatic carbocycles. The first kappa shape index (κ1) is 9.77. The van der Waals surface area contributed by atoms with Gasteiger partial charge in [0.05, 0.1) is 12.7 Å². The van der Waals surface area contributed by atoms with Gasteiger partial charge in [-0.3, -0.25) is 0 Å². The van der Waals surface area contributed by atoms with E-state index in [1.807, 2.05) is 6.92 Å². The van der Waals surface area contributed by atoms with Crippen LogP contribution in [0.1, 0.15) is 26.2 Å². The van der Waals surface area contributed by atoms with Crippen LogP contribution in [0.2, 0.25) is 0 Å². The molecular formula is C10H17NO3. The molecule has 1 N–H and O–H groups in total. The summed E-state index contributed by atoms with van der Waals surface area (Å²) in [6.45, 7) is 3.78. The Morgan fingerprint density at radius 3 is 2.86 bits per heavy atom. The summed E-state index contributed by atoms with van der Waals surface area (Å²) in [5.74, 6) is 0. The monoisotopic (exact) mass is 199 g/mol. The number of carbonyl (C=O) groups excluding carboxylic acids is 1. The van der Waals surface area contributed by atoms with E-state index in [1.54, 1.807) is 4.90 Å². The molecule has 1 spiro atoms. The van der Waals surface area contributed by atoms with Crippen molar-refractivity contribution < 1.29 is 14.6 Å². The lowest BCUT2D eigenvalue weighted by Crippen LogP contribution is -2.57. The molecule has 1 atom stereocenters. The van der Waals surface area contributed by atoms with E-state index < -0.39 is 0 Å². The highest BCUT2D eigenvalue weighted by Crippen LogP contribution is 2.45. The Balaban J connectivity index is 1.81. The third-order valence-electron chi connectivity index (χ3n) is 3.26. The second-order valence-corrected chi connectivity index (χ2v) is 4.45. The zero-order valence-electron chi connectivity index (χ0n) is 8.53. The van der Waals surface area contributed by atoms with E-state index in [1.165, 1.54) is 0 Å². The van der Waals surface area contributed by atoms with Crippen LogP contribution in [0.3, 0.4) is 0 Å². The lowest BCUT2D eigenvalue weighted by Gasteiger charge is -2.47. The summed E-state index contributed by atoms with van der Waals surface area (Å²) in [6.07, 6.45) is 2.42. The maximum atomic E-state index is 11.3. The third kappa shape index (κ3) is 1.59. The topological polar surface area (TPSA) is 49.8 Å². The summed E-state index contributed by atoms with van der Waals surface area (Å²) in [7, 11) is 0. The number of amides is 1. The number of hydrogen-bond donors (Lipinski definition) is 1. The minimum absolute atomic E-state index is 0.153. The van der Waals surface area contributed by atoms with Gasteiger partial charge >= 0.3 is 6.09 Å². The summed E-state index contributed by atoms with van der Waals surface area (Å²) < 4.78 is 4.90. The number of rotatable bonds is 1. The van der Waals surface area contributed by atoms with Gasteiger partial charge in [-0.2, -0.15) is 0 Å². The Bertz CT molecular complexity index is 236. The normalized spacial score (nSPS) is 29.0. The first-order chi connectivity index (χ1) is 6.65. The molecule has 1 saturated carbocycles. The first-order valence-corrected chi connectivity index (χ1v) is 5.25. The Hall–Kier alpha value is -0.770. The minimum atomic E-state index is -0.209. The van der Waals surface area contributed by atoms with E-state index in [-0.39, 0.29) is 17.6 Å². The van der Waals surface area contributed by atoms with Gasteiger partial charge in [0.1, 0.15) is 0 Å². The molecule has 0 bridgehead atoms. The number of nitrogens with zero attached hydrogens (tertiary/aromatic N) is 1. The molecule has 14 heavy (non-hydrogen) atoms. The molecule has 4 heteroatoms. The lowest BCUT2D eigenvalue weighted by molar-refractivity contribution is -0.00539. The average Bonchev–Trinajstić information content (AvgIpc) is 2.45. The van der Waals surface area contributed by atoms with Crippen molar-refractivity contribution in [3.63, 3.8) is 0 Å². The summed E-state index contributed by atoms with van der Waals surface area (Å²) in [6, 6.07) is 0. The van der Waals surface area contributed by atoms with Crippen LogP contribution in [0.25, 0.3) is 0 Å². The molecule has 0 aromatic rings. The predicted octanol–water partition coefficient (Wildman–Crippen LogP) is 0.990. The van der Waals surface area contributed by atoms with Crippen molar-refractivity contribution in [1.29, 1.82) is 0 Å². The molecule has 2 fully saturated rings. The Morgan fingerprint density at radius 1 is 1.64 bits per heavy atom. The number of ether oxygens (including phenoxy) is 1. The Morgan fingerprint density at radius 2 is 2.36 bits per heavy atom. The van der Waals surface area contributed by atoms with E-state index in [4.69, 9.17) is 4.74 Å². The second kappa shape index (κ2) is 3.42. The largest absolute Gasteiger partial charge is 0.450 e. The van der Waals surface area contributed by atoms with Gasteiger partial charge in [-0.1, -0.05) is 0 Å². The molecule has 1 aliphatic heterocycles. The smallest absolute Gasteiger partial charge is 0.409 e. The summed E-state index contributed by atoms with van der Waals surface area (Å²) >= 11 is 0. The van der Waals surface area contributed by atoms with Gasteiger partial charge in [-0.25, -0.2) is 4.79 Å². The van der Waals surface area contributed by atoms with Crippen molar-refractivity contribution in [3.8, 4) is 0 Å². The van der Waals surface area contributed by atoms with Crippen molar-refractivity contribution >= 4 is 6.09 Å². The van der Waals surface area contributed by atoms with Crippen molar-refractivity contribution in [1.82, 2.24) is 4.90 Å². The molecule has 0 aromatic heterocycles. The number of aliphatic hydroxyl groups excluding tert-OH is 1. The molecule has 1 heterocycles. The maximum absolute atomic E-state index is 11.3. The number of hydrogen-bond acceptors (Lipinski definition) is 3. The molecule has 1 saturated heterocycles. The molecule has 2 rings (SSSR count). The number of likely N-dealkylation sites (tertiary alicyclic amines) is 1. The molecule has 0 unspecified atom stereocenters. The van der Waals surface area contributed by atoms with Crippen LogP contribution >= 0.6 is 0 Å². The molecule has 1 amide bonds. The van der Waals surface area contributed by atoms with Crippen LogP contribution < -0.4 is 0 Å². The molecule has 0 radical (unpaired) electrons. The van der Waals surface area contributed by atoms with Gasteiger partial charge in [-0.15, -0.1) is 0 Å². The molecular weight excluding hydrogens is 182 g/mol. The van der Waals surface area contributed by atoms with Crippen LogP contribution in [0, 0.1) is 5.41 Å². The standard InChI is InChI=1S/C10H17NO3/c1-2-14-9(13)11-6-10(7-11)4-3-8(12)5-10/h8,12H,2-7H2,1H3/t8-/m0/s1. The van der Waals surface area contributed by atoms with Crippen LogP contribution in [-0.4, -0.2) is 41.9 Å². The second-order valence-electron chi connectivity index (χ2n) is 4.45. The van der Waals surface area contributed by atoms with Crippen LogP contribution in [0.4, 0.5) is 4.79 Å². The Labute approximate surface area is 83.8 Å². The van der Waals surface area contributed by atoms with Crippen LogP contribution in [0.5, 0.6) is 0 Å². The summed E-state index contributed by atoms with van der Waals surface area (Å²) in [5, 5.41) is 9.42. The van der Waals surface area contributed by atoms with Gasteiger partial charge < -0.3 is 14.7 Å². The fourth-order valence-corrected chi connectivity index (χ4v) is 2.57. The zero-order chi connectivity index (χ0) is 10.2. The molecule has 2 aliphatic rings. The lowest BCUT2D eigenvalue weighted by atomic mass is 9.78. The van der Waals surface area contributed by atoms with Crippen LogP contribution in [-0.2, 0) is 4.74 Å². The zero-order valence-corrected chi connectivity index (χ0v) is 8.53. The van der Waals surface area contributed by atoms with Crippen molar-refractivity contribution in [2.24, 2.45) is 5.41 Å². The third-order valence-corrected chi connectivity index (χ3v) is 3.26. The molecule has 4 nitrogen and oxygen atoms in total. The highest BCUT2D eigenvalue weighted by Gasteiger charge is 2.49. The van der Waals surface area contributed by atoms with Crippen molar-refractivity contribution in [3.05, 3.63) is 0 Å². The maximum Gasteiger partial charge on any atom is 0.409 e. The number of carbonyl (C=O) groups is 1. The average molecular weight is 199 g/mol. The van der Waals surface area contributed by atoms with E-state index in [9.17, 15) is 9.90 Å². The van der Waals surface area contributed by atoms with E-state index in [0.717, 1.165) is 32.4 Å². The fourth-order valence-electron chi connectivity index (χ4n) is 2.57. The highest BCUT2D eigenvalue weighted by molar-refractivity contribution is 5.69. The Kier molecular flexibility index (Phi) is 2.39. The van der Waals surface area contributed by atoms with Gasteiger partial charge in [0.2, 0.25) is 0 Å². The first-order valence-electron chi connectivity index (χ1n) is 5.25. The predicted molar refractivity (Wildman–Crippen MR) is 50.9 cm³/mol. The van der Waals surface area contributed by atoms with Gasteiger partial charge in [0.15, 0.2) is 0 Å². The van der Waals surface area contributed by atoms with E-state index in [0.29, 0.717) is 6.61 Å². The SMILES string of the molecule is CCOC(=O)N1CC2(CC[C@H](O)C2)C1. The van der Waals surface area contributed by atoms with Gasteiger partial charge in [-0.05, 0) is 26.2 Å². The quantitative estimate of drug-likeness (QED) is 0.685. The summed E-state index contributed by atoms with van der Waals surface area (Å²) in [4.78, 5) is 13.0. The van der Waals surface area contributed by atoms with E-state index >= 15 is 0 Å². The number of aliphatic hydroxyl groups is 1. The van der Waals surface area contributed by atoms with Crippen molar-refractivity contribution in [2.45, 2.75) is 32.3 Å². The molecule has 1 aliphatic carbocycles.